The maximum atomic E-state index is 5.81. The van der Waals surface area contributed by atoms with Gasteiger partial charge in [0.15, 0.2) is 0 Å². The number of rotatable bonds is 21. The van der Waals surface area contributed by atoms with Crippen LogP contribution < -0.4 is 0 Å². The molecule has 4 heteroatoms. The summed E-state index contributed by atoms with van der Waals surface area (Å²) in [6.07, 6.45) is 19.0. The van der Waals surface area contributed by atoms with E-state index in [9.17, 15) is 0 Å². The van der Waals surface area contributed by atoms with Crippen LogP contribution in [-0.4, -0.2) is 12.2 Å². The lowest BCUT2D eigenvalue weighted by Gasteiger charge is -2.31. The van der Waals surface area contributed by atoms with Crippen LogP contribution in [0.2, 0.25) is 0 Å². The van der Waals surface area contributed by atoms with Crippen LogP contribution in [0.15, 0.2) is 0 Å². The highest BCUT2D eigenvalue weighted by atomic mass is 17.7. The SMILES string of the molecule is CCCCCCCCCC(CCCC)(CCCC)OOOOCCCC. The second-order valence-corrected chi connectivity index (χ2v) is 7.66. The van der Waals surface area contributed by atoms with Crippen molar-refractivity contribution in [2.45, 2.75) is 136 Å². The molecule has 0 saturated carbocycles. The van der Waals surface area contributed by atoms with Crippen molar-refractivity contribution in [2.75, 3.05) is 6.61 Å². The van der Waals surface area contributed by atoms with Gasteiger partial charge in [0, 0.05) is 0 Å². The smallest absolute Gasteiger partial charge is 0.107 e. The van der Waals surface area contributed by atoms with E-state index >= 15 is 0 Å². The molecule has 0 heterocycles. The highest BCUT2D eigenvalue weighted by Crippen LogP contribution is 2.32. The van der Waals surface area contributed by atoms with E-state index in [0.717, 1.165) is 44.9 Å². The summed E-state index contributed by atoms with van der Waals surface area (Å²) in [6.45, 7) is 9.37. The van der Waals surface area contributed by atoms with Crippen LogP contribution in [0, 0.1) is 0 Å². The number of hydrogen-bond donors (Lipinski definition) is 0. The average molecular weight is 375 g/mol. The van der Waals surface area contributed by atoms with Gasteiger partial charge in [-0.3, -0.25) is 0 Å². The third kappa shape index (κ3) is 15.0. The Labute approximate surface area is 163 Å². The molecule has 0 fully saturated rings. The van der Waals surface area contributed by atoms with E-state index in [0.29, 0.717) is 6.61 Å². The highest BCUT2D eigenvalue weighted by molar-refractivity contribution is 4.79. The van der Waals surface area contributed by atoms with Crippen LogP contribution in [0.25, 0.3) is 0 Å². The minimum absolute atomic E-state index is 0.233. The van der Waals surface area contributed by atoms with Crippen molar-refractivity contribution >= 4 is 0 Å². The molecule has 26 heavy (non-hydrogen) atoms. The molecule has 0 aromatic carbocycles. The Hall–Kier alpha value is -0.160. The van der Waals surface area contributed by atoms with Crippen LogP contribution in [-0.2, 0) is 19.9 Å². The van der Waals surface area contributed by atoms with Crippen molar-refractivity contribution in [3.05, 3.63) is 0 Å². The summed E-state index contributed by atoms with van der Waals surface area (Å²) in [6, 6.07) is 0. The number of hydrogen-bond acceptors (Lipinski definition) is 4. The largest absolute Gasteiger partial charge is 0.204 e. The van der Waals surface area contributed by atoms with Gasteiger partial charge >= 0.3 is 0 Å². The Morgan fingerprint density at radius 2 is 1.00 bits per heavy atom. The van der Waals surface area contributed by atoms with Gasteiger partial charge in [-0.25, -0.2) is 4.89 Å². The van der Waals surface area contributed by atoms with Gasteiger partial charge in [0.05, 0.1) is 6.61 Å². The summed E-state index contributed by atoms with van der Waals surface area (Å²) < 4.78 is 0. The molecule has 0 radical (unpaired) electrons. The van der Waals surface area contributed by atoms with Gasteiger partial charge in [0.2, 0.25) is 0 Å². The summed E-state index contributed by atoms with van der Waals surface area (Å²) >= 11 is 0. The molecule has 0 spiro atoms. The van der Waals surface area contributed by atoms with Gasteiger partial charge in [0.1, 0.15) is 5.60 Å². The molecule has 0 aromatic heterocycles. The fourth-order valence-electron chi connectivity index (χ4n) is 3.25. The zero-order valence-electron chi connectivity index (χ0n) is 18.2. The Morgan fingerprint density at radius 3 is 1.58 bits per heavy atom. The van der Waals surface area contributed by atoms with Crippen molar-refractivity contribution in [1.82, 2.24) is 0 Å². The fourth-order valence-corrected chi connectivity index (χ4v) is 3.25. The van der Waals surface area contributed by atoms with E-state index in [4.69, 9.17) is 19.9 Å². The molecule has 0 saturated heterocycles. The van der Waals surface area contributed by atoms with E-state index in [2.05, 4.69) is 27.7 Å². The molecule has 4 nitrogen and oxygen atoms in total. The number of unbranched alkanes of at least 4 members (excludes halogenated alkanes) is 9. The summed E-state index contributed by atoms with van der Waals surface area (Å²) in [7, 11) is 0. The predicted molar refractivity (Wildman–Crippen MR) is 109 cm³/mol. The van der Waals surface area contributed by atoms with Crippen LogP contribution in [0.5, 0.6) is 0 Å². The Morgan fingerprint density at radius 1 is 0.500 bits per heavy atom. The van der Waals surface area contributed by atoms with Crippen molar-refractivity contribution in [3.63, 3.8) is 0 Å². The Balaban J connectivity index is 4.32. The first-order valence-corrected chi connectivity index (χ1v) is 11.4. The van der Waals surface area contributed by atoms with E-state index in [-0.39, 0.29) is 5.60 Å². The zero-order valence-corrected chi connectivity index (χ0v) is 18.2. The molecule has 0 N–H and O–H groups in total. The Kier molecular flexibility index (Phi) is 19.5. The van der Waals surface area contributed by atoms with Crippen LogP contribution >= 0.6 is 0 Å². The van der Waals surface area contributed by atoms with E-state index in [1.165, 1.54) is 57.8 Å². The first kappa shape index (κ1) is 25.8. The fraction of sp³-hybridized carbons (Fsp3) is 1.00. The third-order valence-electron chi connectivity index (χ3n) is 5.08. The zero-order chi connectivity index (χ0) is 19.3. The van der Waals surface area contributed by atoms with E-state index in [1.54, 1.807) is 0 Å². The summed E-state index contributed by atoms with van der Waals surface area (Å²) in [5.74, 6) is 0. The lowest BCUT2D eigenvalue weighted by atomic mass is 9.85. The second kappa shape index (κ2) is 19.6. The van der Waals surface area contributed by atoms with E-state index < -0.39 is 0 Å². The maximum Gasteiger partial charge on any atom is 0.107 e. The first-order valence-electron chi connectivity index (χ1n) is 11.4. The molecule has 0 bridgehead atoms. The lowest BCUT2D eigenvalue weighted by molar-refractivity contribution is -0.652. The van der Waals surface area contributed by atoms with E-state index in [1.807, 2.05) is 0 Å². The summed E-state index contributed by atoms with van der Waals surface area (Å²) in [5, 5.41) is 9.83. The van der Waals surface area contributed by atoms with Crippen molar-refractivity contribution in [3.8, 4) is 0 Å². The van der Waals surface area contributed by atoms with Crippen LogP contribution in [0.3, 0.4) is 0 Å². The van der Waals surface area contributed by atoms with Gasteiger partial charge in [-0.1, -0.05) is 105 Å². The van der Waals surface area contributed by atoms with Crippen molar-refractivity contribution < 1.29 is 19.9 Å². The average Bonchev–Trinajstić information content (AvgIpc) is 2.66. The molecule has 0 amide bonds. The molecule has 0 aromatic rings. The standard InChI is InChI=1S/C22H46O4/c1-5-9-13-14-15-16-17-20-22(18-10-6-2,19-11-7-3)24-26-25-23-21-12-8-4/h5-21H2,1-4H3. The quantitative estimate of drug-likeness (QED) is 0.116. The topological polar surface area (TPSA) is 36.9 Å². The minimum Gasteiger partial charge on any atom is -0.204 e. The molecule has 0 atom stereocenters. The van der Waals surface area contributed by atoms with Crippen LogP contribution in [0.1, 0.15) is 130 Å². The van der Waals surface area contributed by atoms with Crippen LogP contribution in [0.4, 0.5) is 0 Å². The maximum absolute atomic E-state index is 5.81. The molecular formula is C22H46O4. The molecule has 0 unspecified atom stereocenters. The molecule has 0 rings (SSSR count). The molecule has 0 aliphatic rings. The predicted octanol–water partition coefficient (Wildman–Crippen LogP) is 7.86. The van der Waals surface area contributed by atoms with Gasteiger partial charge < -0.3 is 0 Å². The van der Waals surface area contributed by atoms with Crippen molar-refractivity contribution in [2.24, 2.45) is 0 Å². The van der Waals surface area contributed by atoms with Gasteiger partial charge in [-0.15, -0.1) is 0 Å². The third-order valence-corrected chi connectivity index (χ3v) is 5.08. The van der Waals surface area contributed by atoms with Gasteiger partial charge in [-0.05, 0) is 35.8 Å². The summed E-state index contributed by atoms with van der Waals surface area (Å²) in [4.78, 5) is 10.8. The molecular weight excluding hydrogens is 328 g/mol. The molecule has 158 valence electrons. The van der Waals surface area contributed by atoms with Gasteiger partial charge in [0.25, 0.3) is 0 Å². The lowest BCUT2D eigenvalue weighted by Crippen LogP contribution is -2.33. The first-order chi connectivity index (χ1) is 12.7. The normalized spacial score (nSPS) is 12.0. The second-order valence-electron chi connectivity index (χ2n) is 7.66. The molecule has 0 aliphatic heterocycles. The minimum atomic E-state index is -0.233. The Bertz CT molecular complexity index is 263. The van der Waals surface area contributed by atoms with Gasteiger partial charge in [-0.2, -0.15) is 4.89 Å². The molecule has 0 aliphatic carbocycles. The monoisotopic (exact) mass is 374 g/mol. The van der Waals surface area contributed by atoms with Crippen molar-refractivity contribution in [1.29, 1.82) is 0 Å². The highest BCUT2D eigenvalue weighted by Gasteiger charge is 2.31. The summed E-state index contributed by atoms with van der Waals surface area (Å²) in [5.41, 5.74) is -0.233.